The summed E-state index contributed by atoms with van der Waals surface area (Å²) in [4.78, 5) is 37.3. The summed E-state index contributed by atoms with van der Waals surface area (Å²) in [6.45, 7) is 0. The lowest BCUT2D eigenvalue weighted by Crippen LogP contribution is -2.43. The van der Waals surface area contributed by atoms with Gasteiger partial charge in [0.2, 0.25) is 11.8 Å². The first kappa shape index (κ1) is 14.3. The largest absolute Gasteiger partial charge is 0.478 e. The number of hydrogen-bond acceptors (Lipinski definition) is 5. The Balaban J connectivity index is 1.68. The molecule has 1 aromatic rings. The van der Waals surface area contributed by atoms with E-state index < -0.39 is 30.0 Å². The van der Waals surface area contributed by atoms with Crippen molar-refractivity contribution in [2.45, 2.75) is 18.6 Å². The zero-order valence-corrected chi connectivity index (χ0v) is 12.0. The van der Waals surface area contributed by atoms with Gasteiger partial charge in [-0.2, -0.15) is 0 Å². The number of imide groups is 1. The number of rotatable bonds is 2. The van der Waals surface area contributed by atoms with E-state index in [1.165, 1.54) is 24.3 Å². The number of aliphatic hydroxyl groups excluding tert-OH is 2. The molecule has 6 atom stereocenters. The van der Waals surface area contributed by atoms with Gasteiger partial charge in [0.05, 0.1) is 35.3 Å². The number of aromatic carboxylic acids is 1. The third-order valence-corrected chi connectivity index (χ3v) is 5.46. The van der Waals surface area contributed by atoms with Crippen molar-refractivity contribution in [1.29, 1.82) is 0 Å². The number of amides is 2. The molecule has 120 valence electrons. The number of fused-ring (bicyclic) bond motifs is 5. The Bertz CT molecular complexity index is 682. The number of carbonyl (C=O) groups is 3. The standard InChI is InChI=1S/C16H15NO6/c18-12-8-5-9(13(12)19)11-10(8)14(20)17(15(11)21)7-3-1-6(2-4-7)16(22)23/h1-4,8-13,18-19H,5H2,(H,22,23)/t8-,9+,10+,11-,12+,13-. The molecule has 2 aliphatic carbocycles. The van der Waals surface area contributed by atoms with Crippen LogP contribution in [0.5, 0.6) is 0 Å². The number of carbonyl (C=O) groups excluding carboxylic acids is 2. The Morgan fingerprint density at radius 1 is 0.957 bits per heavy atom. The maximum Gasteiger partial charge on any atom is 0.335 e. The van der Waals surface area contributed by atoms with Crippen molar-refractivity contribution in [3.05, 3.63) is 29.8 Å². The SMILES string of the molecule is O=C(O)c1ccc(N2C(=O)[C@@H]3[C@@H]4C[C@@H]([C@H](O)[C@@H]4O)[C@@H]3C2=O)cc1. The number of benzene rings is 1. The summed E-state index contributed by atoms with van der Waals surface area (Å²) in [6, 6.07) is 5.53. The van der Waals surface area contributed by atoms with Crippen LogP contribution in [0.15, 0.2) is 24.3 Å². The van der Waals surface area contributed by atoms with Gasteiger partial charge in [-0.1, -0.05) is 0 Å². The summed E-state index contributed by atoms with van der Waals surface area (Å²) >= 11 is 0. The Hall–Kier alpha value is -2.25. The normalized spacial score (nSPS) is 38.3. The van der Waals surface area contributed by atoms with Gasteiger partial charge in [0, 0.05) is 11.8 Å². The van der Waals surface area contributed by atoms with E-state index in [0.717, 1.165) is 4.90 Å². The van der Waals surface area contributed by atoms with E-state index in [1.807, 2.05) is 0 Å². The molecule has 0 radical (unpaired) electrons. The maximum atomic E-state index is 12.7. The van der Waals surface area contributed by atoms with E-state index in [9.17, 15) is 24.6 Å². The molecule has 0 unspecified atom stereocenters. The van der Waals surface area contributed by atoms with E-state index in [-0.39, 0.29) is 29.2 Å². The quantitative estimate of drug-likeness (QED) is 0.654. The van der Waals surface area contributed by atoms with Crippen molar-refractivity contribution in [2.24, 2.45) is 23.7 Å². The van der Waals surface area contributed by atoms with Gasteiger partial charge < -0.3 is 15.3 Å². The molecule has 1 saturated heterocycles. The van der Waals surface area contributed by atoms with Gasteiger partial charge in [-0.3, -0.25) is 14.5 Å². The Morgan fingerprint density at radius 3 is 1.87 bits per heavy atom. The molecule has 7 nitrogen and oxygen atoms in total. The zero-order chi connectivity index (χ0) is 16.5. The van der Waals surface area contributed by atoms with E-state index in [2.05, 4.69) is 0 Å². The molecule has 1 aromatic carbocycles. The van der Waals surface area contributed by atoms with Crippen molar-refractivity contribution in [3.8, 4) is 0 Å². The van der Waals surface area contributed by atoms with Gasteiger partial charge in [-0.25, -0.2) is 4.79 Å². The highest BCUT2D eigenvalue weighted by Gasteiger charge is 2.67. The number of hydrogen-bond donors (Lipinski definition) is 3. The summed E-state index contributed by atoms with van der Waals surface area (Å²) in [5.41, 5.74) is 0.390. The lowest BCUT2D eigenvalue weighted by atomic mass is 9.78. The molecule has 0 spiro atoms. The van der Waals surface area contributed by atoms with Crippen LogP contribution in [0.4, 0.5) is 5.69 Å². The third kappa shape index (κ3) is 1.74. The molecule has 1 heterocycles. The Morgan fingerprint density at radius 2 is 1.43 bits per heavy atom. The minimum Gasteiger partial charge on any atom is -0.478 e. The highest BCUT2D eigenvalue weighted by molar-refractivity contribution is 6.22. The highest BCUT2D eigenvalue weighted by Crippen LogP contribution is 2.56. The average molecular weight is 317 g/mol. The summed E-state index contributed by atoms with van der Waals surface area (Å²) in [7, 11) is 0. The zero-order valence-electron chi connectivity index (χ0n) is 12.0. The second-order valence-electron chi connectivity index (χ2n) is 6.46. The van der Waals surface area contributed by atoms with Crippen molar-refractivity contribution >= 4 is 23.5 Å². The second-order valence-corrected chi connectivity index (χ2v) is 6.46. The molecule has 3 N–H and O–H groups in total. The van der Waals surface area contributed by atoms with Crippen LogP contribution in [-0.2, 0) is 9.59 Å². The maximum absolute atomic E-state index is 12.7. The van der Waals surface area contributed by atoms with E-state index in [4.69, 9.17) is 5.11 Å². The highest BCUT2D eigenvalue weighted by atomic mass is 16.4. The minimum absolute atomic E-state index is 0.0685. The summed E-state index contributed by atoms with van der Waals surface area (Å²) in [5.74, 6) is -3.80. The van der Waals surface area contributed by atoms with Gasteiger partial charge >= 0.3 is 5.97 Å². The summed E-state index contributed by atoms with van der Waals surface area (Å²) < 4.78 is 0. The number of aliphatic hydroxyl groups is 2. The van der Waals surface area contributed by atoms with Crippen molar-refractivity contribution in [3.63, 3.8) is 0 Å². The summed E-state index contributed by atoms with van der Waals surface area (Å²) in [6.07, 6.45) is -1.44. The molecular formula is C16H15NO6. The van der Waals surface area contributed by atoms with Crippen LogP contribution < -0.4 is 4.90 Å². The number of anilines is 1. The van der Waals surface area contributed by atoms with Crippen LogP contribution >= 0.6 is 0 Å². The monoisotopic (exact) mass is 317 g/mol. The molecule has 7 heteroatoms. The van der Waals surface area contributed by atoms with Gasteiger partial charge in [-0.05, 0) is 30.7 Å². The van der Waals surface area contributed by atoms with Crippen LogP contribution in [0.3, 0.4) is 0 Å². The van der Waals surface area contributed by atoms with Crippen molar-refractivity contribution < 1.29 is 29.7 Å². The lowest BCUT2D eigenvalue weighted by Gasteiger charge is -2.29. The van der Waals surface area contributed by atoms with E-state index in [0.29, 0.717) is 12.1 Å². The fourth-order valence-corrected chi connectivity index (χ4v) is 4.44. The topological polar surface area (TPSA) is 115 Å². The van der Waals surface area contributed by atoms with Gasteiger partial charge in [-0.15, -0.1) is 0 Å². The van der Waals surface area contributed by atoms with Gasteiger partial charge in [0.15, 0.2) is 0 Å². The molecule has 4 rings (SSSR count). The van der Waals surface area contributed by atoms with E-state index >= 15 is 0 Å². The van der Waals surface area contributed by atoms with Crippen LogP contribution in [0.25, 0.3) is 0 Å². The molecular weight excluding hydrogens is 302 g/mol. The smallest absolute Gasteiger partial charge is 0.335 e. The molecule has 0 aromatic heterocycles. The molecule has 23 heavy (non-hydrogen) atoms. The lowest BCUT2D eigenvalue weighted by molar-refractivity contribution is -0.129. The van der Waals surface area contributed by atoms with Gasteiger partial charge in [0.25, 0.3) is 0 Å². The van der Waals surface area contributed by atoms with Crippen LogP contribution in [0, 0.1) is 23.7 Å². The van der Waals surface area contributed by atoms with Crippen molar-refractivity contribution in [2.75, 3.05) is 4.90 Å². The molecule has 3 fully saturated rings. The molecule has 2 bridgehead atoms. The molecule has 2 saturated carbocycles. The fraction of sp³-hybridized carbons (Fsp3) is 0.438. The average Bonchev–Trinajstić information content (AvgIpc) is 3.12. The Kier molecular flexibility index (Phi) is 2.88. The van der Waals surface area contributed by atoms with E-state index in [1.54, 1.807) is 0 Å². The number of carboxylic acid groups (broad SMARTS) is 1. The second kappa shape index (κ2) is 4.62. The first-order valence-corrected chi connectivity index (χ1v) is 7.49. The Labute approximate surface area is 131 Å². The summed E-state index contributed by atoms with van der Waals surface area (Å²) in [5, 5.41) is 28.9. The van der Waals surface area contributed by atoms with Crippen LogP contribution in [-0.4, -0.2) is 45.3 Å². The van der Waals surface area contributed by atoms with Gasteiger partial charge in [0.1, 0.15) is 0 Å². The first-order chi connectivity index (χ1) is 10.9. The number of carboxylic acids is 1. The fourth-order valence-electron chi connectivity index (χ4n) is 4.44. The third-order valence-electron chi connectivity index (χ3n) is 5.46. The minimum atomic E-state index is -1.09. The number of nitrogens with zero attached hydrogens (tertiary/aromatic N) is 1. The molecule has 2 amide bonds. The predicted molar refractivity (Wildman–Crippen MR) is 76.5 cm³/mol. The predicted octanol–water partition coefficient (Wildman–Crippen LogP) is -0.138. The van der Waals surface area contributed by atoms with Crippen LogP contribution in [0.2, 0.25) is 0 Å². The van der Waals surface area contributed by atoms with Crippen LogP contribution in [0.1, 0.15) is 16.8 Å². The molecule has 1 aliphatic heterocycles. The first-order valence-electron chi connectivity index (χ1n) is 7.49. The van der Waals surface area contributed by atoms with Crippen molar-refractivity contribution in [1.82, 2.24) is 0 Å². The molecule has 3 aliphatic rings.